The van der Waals surface area contributed by atoms with Crippen molar-refractivity contribution in [3.8, 4) is 11.8 Å². The van der Waals surface area contributed by atoms with E-state index < -0.39 is 5.92 Å². The first kappa shape index (κ1) is 27.3. The highest BCUT2D eigenvalue weighted by molar-refractivity contribution is 6.01. The average Bonchev–Trinajstić information content (AvgIpc) is 2.89. The van der Waals surface area contributed by atoms with Crippen LogP contribution in [0.5, 0.6) is 5.75 Å². The number of rotatable bonds is 5. The molecule has 0 saturated carbocycles. The quantitative estimate of drug-likeness (QED) is 0.370. The van der Waals surface area contributed by atoms with Gasteiger partial charge in [-0.05, 0) is 86.1 Å². The lowest BCUT2D eigenvalue weighted by molar-refractivity contribution is -0.118. The van der Waals surface area contributed by atoms with Crippen LogP contribution in [-0.2, 0) is 11.4 Å². The molecule has 40 heavy (non-hydrogen) atoms. The molecule has 0 radical (unpaired) electrons. The van der Waals surface area contributed by atoms with Crippen LogP contribution in [0.2, 0.25) is 0 Å². The highest BCUT2D eigenvalue weighted by atomic mass is 16.5. The van der Waals surface area contributed by atoms with Gasteiger partial charge in [0.1, 0.15) is 18.2 Å². The number of nitrogens with two attached hydrogens (primary N) is 1. The fourth-order valence-electron chi connectivity index (χ4n) is 5.99. The van der Waals surface area contributed by atoms with Crippen molar-refractivity contribution in [3.63, 3.8) is 0 Å². The number of carbonyl (C=O) groups is 1. The van der Waals surface area contributed by atoms with Crippen LogP contribution < -0.4 is 15.4 Å². The van der Waals surface area contributed by atoms with Gasteiger partial charge >= 0.3 is 0 Å². The van der Waals surface area contributed by atoms with Crippen LogP contribution in [0.3, 0.4) is 0 Å². The highest BCUT2D eigenvalue weighted by Crippen LogP contribution is 2.50. The van der Waals surface area contributed by atoms with Crippen LogP contribution in [0.4, 0.5) is 5.69 Å². The Hall–Kier alpha value is -4.30. The predicted octanol–water partition coefficient (Wildman–Crippen LogP) is 7.44. The molecule has 0 amide bonds. The molecule has 3 aromatic rings. The fraction of sp³-hybridized carbons (Fsp3) is 0.314. The fourth-order valence-corrected chi connectivity index (χ4v) is 5.99. The number of anilines is 1. The van der Waals surface area contributed by atoms with Gasteiger partial charge in [-0.25, -0.2) is 0 Å². The molecule has 1 heterocycles. The second-order valence-electron chi connectivity index (χ2n) is 12.1. The van der Waals surface area contributed by atoms with E-state index in [2.05, 4.69) is 39.0 Å². The van der Waals surface area contributed by atoms with Gasteiger partial charge in [0.05, 0.1) is 17.6 Å². The molecule has 2 aliphatic rings. The largest absolute Gasteiger partial charge is 0.489 e. The number of ether oxygens (including phenoxy) is 1. The number of aryl methyl sites for hydroxylation is 4. The van der Waals surface area contributed by atoms with E-state index in [0.717, 1.165) is 45.0 Å². The summed E-state index contributed by atoms with van der Waals surface area (Å²) in [5, 5.41) is 10.5. The zero-order chi connectivity index (χ0) is 28.8. The molecule has 1 aliphatic carbocycles. The van der Waals surface area contributed by atoms with Crippen LogP contribution in [0.15, 0.2) is 83.3 Å². The lowest BCUT2D eigenvalue weighted by atomic mass is 9.68. The summed E-state index contributed by atoms with van der Waals surface area (Å²) < 4.78 is 6.14. The molecule has 0 spiro atoms. The predicted molar refractivity (Wildman–Crippen MR) is 160 cm³/mol. The Morgan fingerprint density at radius 3 is 2.20 bits per heavy atom. The third-order valence-electron chi connectivity index (χ3n) is 8.12. The van der Waals surface area contributed by atoms with Crippen molar-refractivity contribution >= 4 is 11.5 Å². The molecule has 3 aromatic carbocycles. The standard InChI is InChI=1S/C35H37N3O2/c1-21-7-11-26(12-8-21)38-30-17-35(5,6)18-31(39)33(30)32(29(19-36)34(38)37)28-16-25(23(3)15-24(28)4)20-40-27-13-9-22(2)10-14-27/h7-16,32H,17-18,20,37H2,1-6H3. The Kier molecular flexibility index (Phi) is 7.06. The zero-order valence-electron chi connectivity index (χ0n) is 24.3. The number of ketones is 1. The first-order valence-electron chi connectivity index (χ1n) is 13.8. The summed E-state index contributed by atoms with van der Waals surface area (Å²) in [6, 6.07) is 22.7. The summed E-state index contributed by atoms with van der Waals surface area (Å²) in [4.78, 5) is 15.9. The van der Waals surface area contributed by atoms with Gasteiger partial charge in [-0.2, -0.15) is 5.26 Å². The van der Waals surface area contributed by atoms with E-state index in [1.807, 2.05) is 74.2 Å². The number of nitrogens with zero attached hydrogens (tertiary/aromatic N) is 2. The van der Waals surface area contributed by atoms with Gasteiger partial charge in [-0.1, -0.05) is 61.4 Å². The lowest BCUT2D eigenvalue weighted by Crippen LogP contribution is -2.42. The Labute approximate surface area is 237 Å². The van der Waals surface area contributed by atoms with E-state index in [0.29, 0.717) is 36.4 Å². The number of hydrogen-bond acceptors (Lipinski definition) is 5. The van der Waals surface area contributed by atoms with Crippen molar-refractivity contribution in [3.05, 3.63) is 117 Å². The number of carbonyl (C=O) groups excluding carboxylic acids is 1. The Balaban J connectivity index is 1.65. The van der Waals surface area contributed by atoms with Crippen LogP contribution >= 0.6 is 0 Å². The number of benzene rings is 3. The van der Waals surface area contributed by atoms with Crippen molar-refractivity contribution in [2.24, 2.45) is 11.1 Å². The second kappa shape index (κ2) is 10.4. The summed E-state index contributed by atoms with van der Waals surface area (Å²) in [5.41, 5.74) is 15.9. The van der Waals surface area contributed by atoms with E-state index in [9.17, 15) is 10.1 Å². The molecule has 0 saturated heterocycles. The molecule has 5 rings (SSSR count). The Bertz CT molecular complexity index is 1590. The van der Waals surface area contributed by atoms with Gasteiger partial charge in [0.15, 0.2) is 5.78 Å². The number of nitriles is 1. The van der Waals surface area contributed by atoms with Crippen molar-refractivity contribution in [2.75, 3.05) is 4.90 Å². The van der Waals surface area contributed by atoms with Crippen molar-refractivity contribution in [2.45, 2.75) is 66.9 Å². The number of Topliss-reactive ketones (excluding diaryl/α,β-unsaturated/α-hetero) is 1. The molecule has 1 atom stereocenters. The normalized spacial score (nSPS) is 18.5. The summed E-state index contributed by atoms with van der Waals surface area (Å²) in [5.74, 6) is 0.739. The van der Waals surface area contributed by atoms with Crippen molar-refractivity contribution < 1.29 is 9.53 Å². The molecule has 1 unspecified atom stereocenters. The third-order valence-corrected chi connectivity index (χ3v) is 8.12. The summed E-state index contributed by atoms with van der Waals surface area (Å²) in [6.07, 6.45) is 1.11. The molecule has 5 heteroatoms. The lowest BCUT2D eigenvalue weighted by Gasteiger charge is -2.44. The first-order valence-corrected chi connectivity index (χ1v) is 13.8. The van der Waals surface area contributed by atoms with Gasteiger partial charge in [0.2, 0.25) is 0 Å². The van der Waals surface area contributed by atoms with Gasteiger partial charge in [0.25, 0.3) is 0 Å². The van der Waals surface area contributed by atoms with E-state index in [1.165, 1.54) is 5.56 Å². The minimum atomic E-state index is -0.524. The first-order chi connectivity index (χ1) is 19.0. The van der Waals surface area contributed by atoms with Crippen molar-refractivity contribution in [1.82, 2.24) is 0 Å². The van der Waals surface area contributed by atoms with Crippen molar-refractivity contribution in [1.29, 1.82) is 5.26 Å². The Morgan fingerprint density at radius 1 is 0.950 bits per heavy atom. The molecule has 0 fully saturated rings. The van der Waals surface area contributed by atoms with E-state index in [-0.39, 0.29) is 11.2 Å². The van der Waals surface area contributed by atoms with Gasteiger partial charge < -0.3 is 10.5 Å². The maximum Gasteiger partial charge on any atom is 0.162 e. The van der Waals surface area contributed by atoms with Crippen LogP contribution in [-0.4, -0.2) is 5.78 Å². The zero-order valence-corrected chi connectivity index (χ0v) is 24.3. The Morgan fingerprint density at radius 2 is 1.57 bits per heavy atom. The van der Waals surface area contributed by atoms with E-state index in [4.69, 9.17) is 10.5 Å². The molecule has 1 aliphatic heterocycles. The van der Waals surface area contributed by atoms with Crippen LogP contribution in [0, 0.1) is 44.4 Å². The monoisotopic (exact) mass is 531 g/mol. The van der Waals surface area contributed by atoms with Gasteiger partial charge in [0, 0.05) is 23.4 Å². The summed E-state index contributed by atoms with van der Waals surface area (Å²) in [6.45, 7) is 12.8. The molecule has 0 aromatic heterocycles. The molecular weight excluding hydrogens is 494 g/mol. The highest BCUT2D eigenvalue weighted by Gasteiger charge is 2.45. The average molecular weight is 532 g/mol. The van der Waals surface area contributed by atoms with Gasteiger partial charge in [-0.15, -0.1) is 0 Å². The molecule has 2 N–H and O–H groups in total. The number of allylic oxidation sites excluding steroid dienone is 3. The minimum Gasteiger partial charge on any atom is -0.489 e. The molecule has 0 bridgehead atoms. The number of hydrogen-bond donors (Lipinski definition) is 1. The molecular formula is C35H37N3O2. The second-order valence-corrected chi connectivity index (χ2v) is 12.1. The maximum atomic E-state index is 13.9. The maximum absolute atomic E-state index is 13.9. The van der Waals surface area contributed by atoms with E-state index in [1.54, 1.807) is 0 Å². The third kappa shape index (κ3) is 5.02. The van der Waals surface area contributed by atoms with Gasteiger partial charge in [-0.3, -0.25) is 9.69 Å². The molecule has 204 valence electrons. The topological polar surface area (TPSA) is 79.3 Å². The van der Waals surface area contributed by atoms with Crippen LogP contribution in [0.1, 0.15) is 66.0 Å². The molecule has 5 nitrogen and oxygen atoms in total. The minimum absolute atomic E-state index is 0.0750. The summed E-state index contributed by atoms with van der Waals surface area (Å²) >= 11 is 0. The van der Waals surface area contributed by atoms with E-state index >= 15 is 0 Å². The summed E-state index contributed by atoms with van der Waals surface area (Å²) in [7, 11) is 0. The smallest absolute Gasteiger partial charge is 0.162 e. The van der Waals surface area contributed by atoms with Crippen LogP contribution in [0.25, 0.3) is 0 Å². The SMILES string of the molecule is Cc1ccc(OCc2cc(C3C(C#N)=C(N)N(c4ccc(C)cc4)C4=C3C(=O)CC(C)(C)C4)c(C)cc2C)cc1.